The summed E-state index contributed by atoms with van der Waals surface area (Å²) >= 11 is 0. The normalized spacial score (nSPS) is 22.3. The molecule has 0 saturated carbocycles. The van der Waals surface area contributed by atoms with Gasteiger partial charge in [-0.25, -0.2) is 4.79 Å². The van der Waals surface area contributed by atoms with Crippen molar-refractivity contribution in [1.82, 2.24) is 0 Å². The number of aromatic hydroxyl groups is 1. The number of methoxy groups -OCH3 is 1. The second-order valence-corrected chi connectivity index (χ2v) is 6.66. The SMILES string of the molecule is COc1c(C)c2c(c(O)c1C/C=C(\C)C1COCC1C(=O)O)C(=O)OC2. The highest BCUT2D eigenvalue weighted by Gasteiger charge is 2.35. The highest BCUT2D eigenvalue weighted by molar-refractivity contribution is 5.98. The summed E-state index contributed by atoms with van der Waals surface area (Å²) in [5.74, 6) is -1.82. The molecule has 0 spiro atoms. The lowest BCUT2D eigenvalue weighted by atomic mass is 9.88. The fourth-order valence-electron chi connectivity index (χ4n) is 3.69. The number of phenols is 1. The first-order chi connectivity index (χ1) is 12.4. The molecule has 0 aromatic heterocycles. The Kier molecular flexibility index (Phi) is 4.91. The summed E-state index contributed by atoms with van der Waals surface area (Å²) in [4.78, 5) is 23.3. The van der Waals surface area contributed by atoms with Crippen molar-refractivity contribution < 1.29 is 34.0 Å². The van der Waals surface area contributed by atoms with Gasteiger partial charge in [0.05, 0.1) is 26.2 Å². The minimum Gasteiger partial charge on any atom is -0.507 e. The second-order valence-electron chi connectivity index (χ2n) is 6.66. The van der Waals surface area contributed by atoms with E-state index in [9.17, 15) is 19.8 Å². The summed E-state index contributed by atoms with van der Waals surface area (Å²) in [5.41, 5.74) is 2.96. The molecule has 2 unspecified atom stereocenters. The first-order valence-corrected chi connectivity index (χ1v) is 8.42. The lowest BCUT2D eigenvalue weighted by Gasteiger charge is -2.17. The van der Waals surface area contributed by atoms with Gasteiger partial charge in [0.2, 0.25) is 0 Å². The molecule has 2 aliphatic rings. The summed E-state index contributed by atoms with van der Waals surface area (Å²) in [6.45, 7) is 4.36. The van der Waals surface area contributed by atoms with Crippen molar-refractivity contribution in [2.75, 3.05) is 20.3 Å². The maximum absolute atomic E-state index is 11.9. The molecule has 7 heteroatoms. The van der Waals surface area contributed by atoms with Gasteiger partial charge in [0, 0.05) is 17.0 Å². The average Bonchev–Trinajstić information content (AvgIpc) is 3.23. The van der Waals surface area contributed by atoms with Crippen LogP contribution in [0.4, 0.5) is 0 Å². The molecule has 2 atom stereocenters. The number of carboxylic acid groups (broad SMARTS) is 1. The summed E-state index contributed by atoms with van der Waals surface area (Å²) in [5, 5.41) is 19.9. The third-order valence-electron chi connectivity index (χ3n) is 5.26. The van der Waals surface area contributed by atoms with E-state index >= 15 is 0 Å². The van der Waals surface area contributed by atoms with Crippen LogP contribution in [0.3, 0.4) is 0 Å². The first kappa shape index (κ1) is 18.3. The van der Waals surface area contributed by atoms with Crippen LogP contribution >= 0.6 is 0 Å². The van der Waals surface area contributed by atoms with Crippen molar-refractivity contribution in [2.24, 2.45) is 11.8 Å². The molecule has 2 N–H and O–H groups in total. The van der Waals surface area contributed by atoms with Gasteiger partial charge in [0.1, 0.15) is 23.7 Å². The lowest BCUT2D eigenvalue weighted by molar-refractivity contribution is -0.142. The van der Waals surface area contributed by atoms with Crippen molar-refractivity contribution in [1.29, 1.82) is 0 Å². The van der Waals surface area contributed by atoms with Crippen LogP contribution in [0.2, 0.25) is 0 Å². The fraction of sp³-hybridized carbons (Fsp3) is 0.474. The topological polar surface area (TPSA) is 102 Å². The maximum atomic E-state index is 11.9. The molecular formula is C19H22O7. The van der Waals surface area contributed by atoms with E-state index < -0.39 is 17.9 Å². The summed E-state index contributed by atoms with van der Waals surface area (Å²) in [7, 11) is 1.51. The standard InChI is InChI=1S/C19H22O7/c1-9(12-6-25-7-14(12)18(21)22)4-5-11-16(20)15-13(8-26-19(15)23)10(2)17(11)24-3/h4,12,14,20H,5-8H2,1-3H3,(H,21,22)/b9-4+. The third kappa shape index (κ3) is 2.92. The van der Waals surface area contributed by atoms with Crippen molar-refractivity contribution in [3.63, 3.8) is 0 Å². The molecule has 0 aliphatic carbocycles. The first-order valence-electron chi connectivity index (χ1n) is 8.42. The molecule has 1 fully saturated rings. The average molecular weight is 362 g/mol. The lowest BCUT2D eigenvalue weighted by Crippen LogP contribution is -2.22. The Bertz CT molecular complexity index is 794. The van der Waals surface area contributed by atoms with Crippen LogP contribution in [-0.2, 0) is 27.3 Å². The number of fused-ring (bicyclic) bond motifs is 1. The Morgan fingerprint density at radius 3 is 2.69 bits per heavy atom. The molecular weight excluding hydrogens is 340 g/mol. The van der Waals surface area contributed by atoms with Crippen molar-refractivity contribution >= 4 is 11.9 Å². The third-order valence-corrected chi connectivity index (χ3v) is 5.26. The van der Waals surface area contributed by atoms with E-state index in [0.29, 0.717) is 29.9 Å². The monoisotopic (exact) mass is 362 g/mol. The predicted molar refractivity (Wildman–Crippen MR) is 91.4 cm³/mol. The quantitative estimate of drug-likeness (QED) is 0.611. The predicted octanol–water partition coefficient (Wildman–Crippen LogP) is 2.22. The van der Waals surface area contributed by atoms with Crippen LogP contribution in [-0.4, -0.2) is 42.5 Å². The highest BCUT2D eigenvalue weighted by atomic mass is 16.5. The number of benzene rings is 1. The Morgan fingerprint density at radius 2 is 2.04 bits per heavy atom. The van der Waals surface area contributed by atoms with E-state index in [-0.39, 0.29) is 30.4 Å². The molecule has 26 heavy (non-hydrogen) atoms. The zero-order valence-corrected chi connectivity index (χ0v) is 15.0. The Labute approximate surface area is 151 Å². The molecule has 7 nitrogen and oxygen atoms in total. The second kappa shape index (κ2) is 6.99. The van der Waals surface area contributed by atoms with Gasteiger partial charge in [-0.05, 0) is 25.8 Å². The number of aliphatic carboxylic acids is 1. The van der Waals surface area contributed by atoms with Crippen LogP contribution in [0, 0.1) is 18.8 Å². The van der Waals surface area contributed by atoms with Gasteiger partial charge in [-0.2, -0.15) is 0 Å². The molecule has 140 valence electrons. The molecule has 3 rings (SSSR count). The number of hydrogen-bond donors (Lipinski definition) is 2. The van der Waals surface area contributed by atoms with Gasteiger partial charge >= 0.3 is 11.9 Å². The molecule has 1 saturated heterocycles. The van der Waals surface area contributed by atoms with Crippen LogP contribution in [0.25, 0.3) is 0 Å². The molecule has 1 aromatic rings. The fourth-order valence-corrected chi connectivity index (χ4v) is 3.69. The largest absolute Gasteiger partial charge is 0.507 e. The zero-order valence-electron chi connectivity index (χ0n) is 15.0. The summed E-state index contributed by atoms with van der Waals surface area (Å²) in [6, 6.07) is 0. The van der Waals surface area contributed by atoms with Gasteiger partial charge in [0.25, 0.3) is 0 Å². The minimum atomic E-state index is -0.878. The number of hydrogen-bond acceptors (Lipinski definition) is 6. The van der Waals surface area contributed by atoms with Crippen LogP contribution in [0.1, 0.15) is 34.0 Å². The Hall–Kier alpha value is -2.54. The van der Waals surface area contributed by atoms with Crippen LogP contribution in [0.5, 0.6) is 11.5 Å². The van der Waals surface area contributed by atoms with Gasteiger partial charge in [-0.15, -0.1) is 0 Å². The number of allylic oxidation sites excluding steroid dienone is 1. The number of esters is 1. The van der Waals surface area contributed by atoms with Crippen molar-refractivity contribution in [3.8, 4) is 11.5 Å². The van der Waals surface area contributed by atoms with Gasteiger partial charge in [-0.3, -0.25) is 4.79 Å². The van der Waals surface area contributed by atoms with E-state index in [2.05, 4.69) is 0 Å². The molecule has 0 bridgehead atoms. The van der Waals surface area contributed by atoms with E-state index in [0.717, 1.165) is 11.1 Å². The number of carbonyl (C=O) groups excluding carboxylic acids is 1. The molecule has 0 radical (unpaired) electrons. The van der Waals surface area contributed by atoms with Crippen molar-refractivity contribution in [3.05, 3.63) is 33.9 Å². The number of carbonyl (C=O) groups is 2. The van der Waals surface area contributed by atoms with Crippen molar-refractivity contribution in [2.45, 2.75) is 26.9 Å². The van der Waals surface area contributed by atoms with E-state index in [1.54, 1.807) is 0 Å². The van der Waals surface area contributed by atoms with Gasteiger partial charge < -0.3 is 24.4 Å². The molecule has 2 heterocycles. The number of carboxylic acids is 1. The summed E-state index contributed by atoms with van der Waals surface area (Å²) < 4.78 is 15.8. The Morgan fingerprint density at radius 1 is 1.35 bits per heavy atom. The Balaban J connectivity index is 1.95. The van der Waals surface area contributed by atoms with E-state index in [1.165, 1.54) is 7.11 Å². The number of ether oxygens (including phenoxy) is 3. The molecule has 1 aromatic carbocycles. The number of rotatable bonds is 5. The summed E-state index contributed by atoms with van der Waals surface area (Å²) in [6.07, 6.45) is 2.17. The maximum Gasteiger partial charge on any atom is 0.342 e. The molecule has 2 aliphatic heterocycles. The number of phenolic OH excluding ortho intramolecular Hbond substituents is 1. The minimum absolute atomic E-state index is 0.124. The molecule has 0 amide bonds. The van der Waals surface area contributed by atoms with Gasteiger partial charge in [-0.1, -0.05) is 11.6 Å². The zero-order chi connectivity index (χ0) is 19.0. The smallest absolute Gasteiger partial charge is 0.342 e. The number of cyclic esters (lactones) is 1. The van der Waals surface area contributed by atoms with E-state index in [4.69, 9.17) is 14.2 Å². The van der Waals surface area contributed by atoms with Crippen LogP contribution in [0.15, 0.2) is 11.6 Å². The van der Waals surface area contributed by atoms with E-state index in [1.807, 2.05) is 19.9 Å². The van der Waals surface area contributed by atoms with Gasteiger partial charge in [0.15, 0.2) is 0 Å². The van der Waals surface area contributed by atoms with Crippen LogP contribution < -0.4 is 4.74 Å². The highest BCUT2D eigenvalue weighted by Crippen LogP contribution is 2.42.